The average Bonchev–Trinajstić information content (AvgIpc) is 2.92. The number of hydrogen-bond acceptors (Lipinski definition) is 4. The van der Waals surface area contributed by atoms with Crippen molar-refractivity contribution in [3.63, 3.8) is 0 Å². The Hall–Kier alpha value is -2.01. The normalized spacial score (nSPS) is 16.3. The van der Waals surface area contributed by atoms with Gasteiger partial charge in [0, 0.05) is 51.7 Å². The number of benzene rings is 1. The predicted octanol–water partition coefficient (Wildman–Crippen LogP) is 1.49. The number of aromatic nitrogens is 2. The minimum atomic E-state index is 0.328. The Morgan fingerprint density at radius 3 is 2.43 bits per heavy atom. The Morgan fingerprint density at radius 2 is 1.81 bits per heavy atom. The molecule has 0 radical (unpaired) electrons. The van der Waals surface area contributed by atoms with Crippen LogP contribution in [0, 0.1) is 0 Å². The van der Waals surface area contributed by atoms with E-state index < -0.39 is 0 Å². The summed E-state index contributed by atoms with van der Waals surface area (Å²) >= 11 is 0. The lowest BCUT2D eigenvalue weighted by Gasteiger charge is -2.36. The maximum atomic E-state index is 9.34. The van der Waals surface area contributed by atoms with E-state index in [1.165, 1.54) is 11.3 Å². The van der Waals surface area contributed by atoms with Gasteiger partial charge in [0.1, 0.15) is 5.75 Å². The van der Waals surface area contributed by atoms with Gasteiger partial charge in [0.15, 0.2) is 0 Å². The Balaban J connectivity index is 1.47. The van der Waals surface area contributed by atoms with Gasteiger partial charge in [0.25, 0.3) is 0 Å². The van der Waals surface area contributed by atoms with Crippen LogP contribution in [-0.2, 0) is 13.5 Å². The summed E-state index contributed by atoms with van der Waals surface area (Å²) in [5.74, 6) is 0.328. The van der Waals surface area contributed by atoms with Gasteiger partial charge in [-0.2, -0.15) is 5.10 Å². The van der Waals surface area contributed by atoms with Gasteiger partial charge in [-0.1, -0.05) is 0 Å². The molecule has 0 atom stereocenters. The molecular weight excluding hydrogens is 264 g/mol. The van der Waals surface area contributed by atoms with Gasteiger partial charge in [0.2, 0.25) is 0 Å². The summed E-state index contributed by atoms with van der Waals surface area (Å²) in [5, 5.41) is 13.6. The maximum Gasteiger partial charge on any atom is 0.115 e. The standard InChI is InChI=1S/C16H22N4O/c1-18-13-14(12-17-18)6-7-19-8-10-20(11-9-19)15-2-4-16(21)5-3-15/h2-5,12-13,21H,6-11H2,1H3. The number of piperazine rings is 1. The van der Waals surface area contributed by atoms with Crippen LogP contribution in [0.15, 0.2) is 36.7 Å². The number of phenolic OH excluding ortho intramolecular Hbond substituents is 1. The highest BCUT2D eigenvalue weighted by Crippen LogP contribution is 2.19. The van der Waals surface area contributed by atoms with Gasteiger partial charge in [-0.05, 0) is 36.2 Å². The third-order valence-corrected chi connectivity index (χ3v) is 4.06. The molecule has 0 saturated carbocycles. The lowest BCUT2D eigenvalue weighted by molar-refractivity contribution is 0.261. The number of phenols is 1. The zero-order chi connectivity index (χ0) is 14.7. The number of nitrogens with zero attached hydrogens (tertiary/aromatic N) is 4. The Morgan fingerprint density at radius 1 is 1.10 bits per heavy atom. The van der Waals surface area contributed by atoms with Crippen LogP contribution in [0.5, 0.6) is 5.75 Å². The molecular formula is C16H22N4O. The molecule has 2 heterocycles. The van der Waals surface area contributed by atoms with Crippen LogP contribution in [-0.4, -0.2) is 52.5 Å². The summed E-state index contributed by atoms with van der Waals surface area (Å²) in [4.78, 5) is 4.88. The Labute approximate surface area is 125 Å². The summed E-state index contributed by atoms with van der Waals surface area (Å²) in [6, 6.07) is 7.48. The average molecular weight is 286 g/mol. The fraction of sp³-hybridized carbons (Fsp3) is 0.438. The Kier molecular flexibility index (Phi) is 4.10. The third kappa shape index (κ3) is 3.55. The summed E-state index contributed by atoms with van der Waals surface area (Å²) in [7, 11) is 1.96. The zero-order valence-electron chi connectivity index (χ0n) is 12.4. The minimum Gasteiger partial charge on any atom is -0.508 e. The van der Waals surface area contributed by atoms with Gasteiger partial charge < -0.3 is 10.0 Å². The quantitative estimate of drug-likeness (QED) is 0.925. The topological polar surface area (TPSA) is 44.5 Å². The molecule has 1 saturated heterocycles. The van der Waals surface area contributed by atoms with E-state index in [-0.39, 0.29) is 0 Å². The van der Waals surface area contributed by atoms with Crippen molar-refractivity contribution in [1.29, 1.82) is 0 Å². The van der Waals surface area contributed by atoms with Gasteiger partial charge in [-0.15, -0.1) is 0 Å². The van der Waals surface area contributed by atoms with Crippen LogP contribution < -0.4 is 4.90 Å². The van der Waals surface area contributed by atoms with E-state index >= 15 is 0 Å². The van der Waals surface area contributed by atoms with Crippen molar-refractivity contribution in [2.45, 2.75) is 6.42 Å². The molecule has 0 aliphatic carbocycles. The number of hydrogen-bond donors (Lipinski definition) is 1. The molecule has 3 rings (SSSR count). The highest BCUT2D eigenvalue weighted by atomic mass is 16.3. The first-order chi connectivity index (χ1) is 10.2. The van der Waals surface area contributed by atoms with Crippen molar-refractivity contribution in [1.82, 2.24) is 14.7 Å². The van der Waals surface area contributed by atoms with E-state index in [2.05, 4.69) is 21.1 Å². The first-order valence-corrected chi connectivity index (χ1v) is 7.44. The lowest BCUT2D eigenvalue weighted by atomic mass is 10.2. The first-order valence-electron chi connectivity index (χ1n) is 7.44. The van der Waals surface area contributed by atoms with E-state index in [0.717, 1.165) is 39.1 Å². The molecule has 2 aromatic rings. The summed E-state index contributed by atoms with van der Waals surface area (Å²) in [5.41, 5.74) is 2.50. The molecule has 1 aliphatic heterocycles. The van der Waals surface area contributed by atoms with Crippen LogP contribution >= 0.6 is 0 Å². The highest BCUT2D eigenvalue weighted by molar-refractivity contribution is 5.49. The molecule has 0 amide bonds. The molecule has 21 heavy (non-hydrogen) atoms. The fourth-order valence-electron chi connectivity index (χ4n) is 2.78. The second kappa shape index (κ2) is 6.18. The van der Waals surface area contributed by atoms with Crippen LogP contribution in [0.2, 0.25) is 0 Å². The number of anilines is 1. The van der Waals surface area contributed by atoms with Gasteiger partial charge in [0.05, 0.1) is 6.20 Å². The second-order valence-corrected chi connectivity index (χ2v) is 5.62. The fourth-order valence-corrected chi connectivity index (χ4v) is 2.78. The van der Waals surface area contributed by atoms with Gasteiger partial charge >= 0.3 is 0 Å². The van der Waals surface area contributed by atoms with Crippen molar-refractivity contribution < 1.29 is 5.11 Å². The predicted molar refractivity (Wildman–Crippen MR) is 83.7 cm³/mol. The monoisotopic (exact) mass is 286 g/mol. The molecule has 1 aliphatic rings. The Bertz CT molecular complexity index is 570. The van der Waals surface area contributed by atoms with Crippen LogP contribution in [0.1, 0.15) is 5.56 Å². The molecule has 1 fully saturated rings. The number of rotatable bonds is 4. The number of aromatic hydroxyl groups is 1. The van der Waals surface area contributed by atoms with E-state index in [1.807, 2.05) is 30.1 Å². The highest BCUT2D eigenvalue weighted by Gasteiger charge is 2.17. The SMILES string of the molecule is Cn1cc(CCN2CCN(c3ccc(O)cc3)CC2)cn1. The van der Waals surface area contributed by atoms with E-state index in [0.29, 0.717) is 5.75 Å². The van der Waals surface area contributed by atoms with E-state index in [9.17, 15) is 5.11 Å². The second-order valence-electron chi connectivity index (χ2n) is 5.62. The molecule has 0 unspecified atom stereocenters. The lowest BCUT2D eigenvalue weighted by Crippen LogP contribution is -2.46. The third-order valence-electron chi connectivity index (χ3n) is 4.06. The molecule has 5 nitrogen and oxygen atoms in total. The molecule has 0 bridgehead atoms. The number of aryl methyl sites for hydroxylation is 1. The summed E-state index contributed by atoms with van der Waals surface area (Å²) in [6.45, 7) is 5.34. The van der Waals surface area contributed by atoms with Crippen LogP contribution in [0.25, 0.3) is 0 Å². The van der Waals surface area contributed by atoms with Gasteiger partial charge in [-0.25, -0.2) is 0 Å². The van der Waals surface area contributed by atoms with Crippen molar-refractivity contribution in [3.8, 4) is 5.75 Å². The smallest absolute Gasteiger partial charge is 0.115 e. The largest absolute Gasteiger partial charge is 0.508 e. The molecule has 1 N–H and O–H groups in total. The molecule has 1 aromatic heterocycles. The summed E-state index contributed by atoms with van der Waals surface area (Å²) in [6.07, 6.45) is 5.10. The zero-order valence-corrected chi connectivity index (χ0v) is 12.4. The van der Waals surface area contributed by atoms with Crippen LogP contribution in [0.4, 0.5) is 5.69 Å². The van der Waals surface area contributed by atoms with Crippen molar-refractivity contribution in [2.24, 2.45) is 7.05 Å². The molecule has 1 aromatic carbocycles. The molecule has 0 spiro atoms. The molecule has 112 valence electrons. The van der Waals surface area contributed by atoms with Crippen molar-refractivity contribution in [3.05, 3.63) is 42.2 Å². The van der Waals surface area contributed by atoms with E-state index in [4.69, 9.17) is 0 Å². The van der Waals surface area contributed by atoms with Gasteiger partial charge in [-0.3, -0.25) is 9.58 Å². The van der Waals surface area contributed by atoms with Crippen molar-refractivity contribution >= 4 is 5.69 Å². The minimum absolute atomic E-state index is 0.328. The first kappa shape index (κ1) is 13.9. The van der Waals surface area contributed by atoms with Crippen LogP contribution in [0.3, 0.4) is 0 Å². The van der Waals surface area contributed by atoms with Crippen molar-refractivity contribution in [2.75, 3.05) is 37.6 Å². The maximum absolute atomic E-state index is 9.34. The molecule has 5 heteroatoms. The summed E-state index contributed by atoms with van der Waals surface area (Å²) < 4.78 is 1.86. The van der Waals surface area contributed by atoms with E-state index in [1.54, 1.807) is 12.1 Å².